The zero-order valence-electron chi connectivity index (χ0n) is 13.0. The Morgan fingerprint density at radius 2 is 2.27 bits per heavy atom. The van der Waals surface area contributed by atoms with Crippen molar-refractivity contribution in [2.75, 3.05) is 33.8 Å². The van der Waals surface area contributed by atoms with Crippen LogP contribution >= 0.6 is 11.3 Å². The maximum Gasteiger partial charge on any atom is 0.158 e. The molecule has 7 heteroatoms. The van der Waals surface area contributed by atoms with E-state index in [9.17, 15) is 0 Å². The first-order valence-electron chi connectivity index (χ1n) is 7.39. The van der Waals surface area contributed by atoms with Crippen molar-refractivity contribution in [3.8, 4) is 0 Å². The number of ether oxygens (including phenoxy) is 1. The van der Waals surface area contributed by atoms with Gasteiger partial charge >= 0.3 is 0 Å². The number of aromatic nitrogens is 3. The van der Waals surface area contributed by atoms with Crippen molar-refractivity contribution in [2.45, 2.75) is 19.2 Å². The molecule has 2 aromatic rings. The van der Waals surface area contributed by atoms with E-state index in [0.717, 1.165) is 42.7 Å². The molecule has 0 unspecified atom stereocenters. The van der Waals surface area contributed by atoms with Gasteiger partial charge in [-0.1, -0.05) is 0 Å². The molecule has 118 valence electrons. The Labute approximate surface area is 134 Å². The summed E-state index contributed by atoms with van der Waals surface area (Å²) in [5, 5.41) is 3.16. The number of thiazole rings is 1. The van der Waals surface area contributed by atoms with Crippen molar-refractivity contribution in [1.29, 1.82) is 0 Å². The molecule has 0 amide bonds. The summed E-state index contributed by atoms with van der Waals surface area (Å²) >= 11 is 1.69. The van der Waals surface area contributed by atoms with Gasteiger partial charge in [-0.3, -0.25) is 4.90 Å². The molecule has 1 atom stereocenters. The van der Waals surface area contributed by atoms with Crippen LogP contribution < -0.4 is 0 Å². The van der Waals surface area contributed by atoms with Crippen molar-refractivity contribution in [1.82, 2.24) is 24.8 Å². The van der Waals surface area contributed by atoms with Crippen LogP contribution in [0.4, 0.5) is 0 Å². The molecule has 1 saturated heterocycles. The SMILES string of the molecule is CN(C)Cc1ccnc([C@H]2CN(Cc3nccs3)CCO2)n1. The summed E-state index contributed by atoms with van der Waals surface area (Å²) in [4.78, 5) is 17.9. The van der Waals surface area contributed by atoms with Gasteiger partial charge in [-0.25, -0.2) is 15.0 Å². The molecule has 0 radical (unpaired) electrons. The Bertz CT molecular complexity index is 589. The van der Waals surface area contributed by atoms with Gasteiger partial charge in [-0.15, -0.1) is 11.3 Å². The average molecular weight is 319 g/mol. The molecule has 0 bridgehead atoms. The van der Waals surface area contributed by atoms with E-state index in [2.05, 4.69) is 24.8 Å². The highest BCUT2D eigenvalue weighted by atomic mass is 32.1. The largest absolute Gasteiger partial charge is 0.368 e. The predicted molar refractivity (Wildman–Crippen MR) is 85.5 cm³/mol. The van der Waals surface area contributed by atoms with Gasteiger partial charge in [0, 0.05) is 37.4 Å². The van der Waals surface area contributed by atoms with Crippen LogP contribution in [0.25, 0.3) is 0 Å². The first-order valence-corrected chi connectivity index (χ1v) is 8.27. The monoisotopic (exact) mass is 319 g/mol. The summed E-state index contributed by atoms with van der Waals surface area (Å²) in [5.41, 5.74) is 1.02. The molecule has 0 spiro atoms. The van der Waals surface area contributed by atoms with E-state index in [1.165, 1.54) is 0 Å². The van der Waals surface area contributed by atoms with E-state index in [1.807, 2.05) is 37.9 Å². The van der Waals surface area contributed by atoms with Crippen molar-refractivity contribution < 1.29 is 4.74 Å². The third kappa shape index (κ3) is 4.07. The third-order valence-electron chi connectivity index (χ3n) is 3.49. The van der Waals surface area contributed by atoms with E-state index in [4.69, 9.17) is 4.74 Å². The van der Waals surface area contributed by atoms with Crippen molar-refractivity contribution in [2.24, 2.45) is 0 Å². The normalized spacial score (nSPS) is 19.7. The Morgan fingerprint density at radius 3 is 3.05 bits per heavy atom. The molecule has 22 heavy (non-hydrogen) atoms. The number of hydrogen-bond acceptors (Lipinski definition) is 7. The Balaban J connectivity index is 1.66. The third-order valence-corrected chi connectivity index (χ3v) is 4.26. The lowest BCUT2D eigenvalue weighted by Gasteiger charge is -2.31. The summed E-state index contributed by atoms with van der Waals surface area (Å²) < 4.78 is 5.88. The molecule has 0 aliphatic carbocycles. The van der Waals surface area contributed by atoms with Crippen molar-refractivity contribution in [3.63, 3.8) is 0 Å². The van der Waals surface area contributed by atoms with Gasteiger partial charge in [0.2, 0.25) is 0 Å². The number of morpholine rings is 1. The van der Waals surface area contributed by atoms with E-state index < -0.39 is 0 Å². The highest BCUT2D eigenvalue weighted by molar-refractivity contribution is 7.09. The summed E-state index contributed by atoms with van der Waals surface area (Å²) in [6, 6.07) is 1.96. The Morgan fingerprint density at radius 1 is 1.36 bits per heavy atom. The molecule has 2 aromatic heterocycles. The molecule has 1 aliphatic heterocycles. The van der Waals surface area contributed by atoms with Gasteiger partial charge in [0.1, 0.15) is 11.1 Å². The van der Waals surface area contributed by atoms with Crippen molar-refractivity contribution >= 4 is 11.3 Å². The van der Waals surface area contributed by atoms with Crippen LogP contribution in [0.5, 0.6) is 0 Å². The molecular weight excluding hydrogens is 298 g/mol. The van der Waals surface area contributed by atoms with E-state index in [0.29, 0.717) is 6.61 Å². The van der Waals surface area contributed by atoms with Crippen LogP contribution in [0.2, 0.25) is 0 Å². The minimum absolute atomic E-state index is 0.0594. The fourth-order valence-electron chi connectivity index (χ4n) is 2.50. The highest BCUT2D eigenvalue weighted by Gasteiger charge is 2.24. The van der Waals surface area contributed by atoms with E-state index in [1.54, 1.807) is 11.3 Å². The maximum absolute atomic E-state index is 5.88. The molecule has 0 saturated carbocycles. The number of rotatable bonds is 5. The lowest BCUT2D eigenvalue weighted by molar-refractivity contribution is -0.0373. The number of nitrogens with zero attached hydrogens (tertiary/aromatic N) is 5. The second kappa shape index (κ2) is 7.23. The molecule has 1 fully saturated rings. The zero-order chi connectivity index (χ0) is 15.4. The average Bonchev–Trinajstić information content (AvgIpc) is 3.00. The minimum atomic E-state index is -0.0594. The number of hydrogen-bond donors (Lipinski definition) is 0. The topological polar surface area (TPSA) is 54.4 Å². The molecule has 3 rings (SSSR count). The second-order valence-electron chi connectivity index (χ2n) is 5.66. The minimum Gasteiger partial charge on any atom is -0.368 e. The zero-order valence-corrected chi connectivity index (χ0v) is 13.8. The second-order valence-corrected chi connectivity index (χ2v) is 6.64. The highest BCUT2D eigenvalue weighted by Crippen LogP contribution is 2.21. The molecule has 6 nitrogen and oxygen atoms in total. The fraction of sp³-hybridized carbons (Fsp3) is 0.533. The standard InChI is InChI=1S/C15H21N5OS/c1-19(2)9-12-3-4-17-15(18-12)13-10-20(6-7-21-13)11-14-16-5-8-22-14/h3-5,8,13H,6-7,9-11H2,1-2H3/t13-/m1/s1. The van der Waals surface area contributed by atoms with Gasteiger partial charge < -0.3 is 9.64 Å². The maximum atomic E-state index is 5.88. The summed E-state index contributed by atoms with van der Waals surface area (Å²) in [6.07, 6.45) is 3.62. The van der Waals surface area contributed by atoms with Gasteiger partial charge in [-0.2, -0.15) is 0 Å². The Hall–Kier alpha value is -1.41. The quantitative estimate of drug-likeness (QED) is 0.834. The first-order chi connectivity index (χ1) is 10.7. The van der Waals surface area contributed by atoms with Gasteiger partial charge in [0.15, 0.2) is 5.82 Å². The molecule has 0 N–H and O–H groups in total. The summed E-state index contributed by atoms with van der Waals surface area (Å²) in [5.74, 6) is 0.781. The molecule has 1 aliphatic rings. The van der Waals surface area contributed by atoms with Gasteiger partial charge in [-0.05, 0) is 20.2 Å². The van der Waals surface area contributed by atoms with Crippen LogP contribution in [-0.4, -0.2) is 58.5 Å². The predicted octanol–water partition coefficient (Wildman–Crippen LogP) is 1.57. The van der Waals surface area contributed by atoms with Crippen LogP contribution in [0, 0.1) is 0 Å². The summed E-state index contributed by atoms with van der Waals surface area (Å²) in [7, 11) is 4.07. The van der Waals surface area contributed by atoms with Crippen LogP contribution in [0.3, 0.4) is 0 Å². The molecule has 0 aromatic carbocycles. The lowest BCUT2D eigenvalue weighted by Crippen LogP contribution is -2.38. The lowest BCUT2D eigenvalue weighted by atomic mass is 10.2. The smallest absolute Gasteiger partial charge is 0.158 e. The first kappa shape index (κ1) is 15.5. The summed E-state index contributed by atoms with van der Waals surface area (Å²) in [6.45, 7) is 4.12. The van der Waals surface area contributed by atoms with Crippen molar-refractivity contribution in [3.05, 3.63) is 40.4 Å². The Kier molecular flexibility index (Phi) is 5.09. The van der Waals surface area contributed by atoms with Crippen LogP contribution in [0.1, 0.15) is 22.6 Å². The fourth-order valence-corrected chi connectivity index (χ4v) is 3.16. The van der Waals surface area contributed by atoms with Crippen LogP contribution in [-0.2, 0) is 17.8 Å². The molecular formula is C15H21N5OS. The van der Waals surface area contributed by atoms with E-state index >= 15 is 0 Å². The molecule has 3 heterocycles. The van der Waals surface area contributed by atoms with E-state index in [-0.39, 0.29) is 6.10 Å². The van der Waals surface area contributed by atoms with Gasteiger partial charge in [0.05, 0.1) is 18.8 Å². The van der Waals surface area contributed by atoms with Crippen LogP contribution in [0.15, 0.2) is 23.8 Å². The van der Waals surface area contributed by atoms with Gasteiger partial charge in [0.25, 0.3) is 0 Å².